The molecule has 0 bridgehead atoms. The van der Waals surface area contributed by atoms with Crippen LogP contribution in [0.25, 0.3) is 0 Å². The van der Waals surface area contributed by atoms with Crippen molar-refractivity contribution in [2.75, 3.05) is 13.7 Å². The van der Waals surface area contributed by atoms with Crippen LogP contribution in [0.1, 0.15) is 32.8 Å². The van der Waals surface area contributed by atoms with Crippen LogP contribution >= 0.6 is 15.9 Å². The lowest BCUT2D eigenvalue weighted by molar-refractivity contribution is -0.142. The van der Waals surface area contributed by atoms with E-state index in [1.165, 1.54) is 0 Å². The Morgan fingerprint density at radius 2 is 1.63 bits per heavy atom. The van der Waals surface area contributed by atoms with Crippen LogP contribution in [0.5, 0.6) is 11.5 Å². The van der Waals surface area contributed by atoms with E-state index >= 15 is 0 Å². The monoisotopic (exact) mass is 476 g/mol. The maximum Gasteiger partial charge on any atom is 0.261 e. The van der Waals surface area contributed by atoms with E-state index in [1.54, 1.807) is 31.1 Å². The highest BCUT2D eigenvalue weighted by molar-refractivity contribution is 9.10. The molecule has 0 heterocycles. The molecule has 0 saturated heterocycles. The second-order valence-corrected chi connectivity index (χ2v) is 8.02. The third-order valence-electron chi connectivity index (χ3n) is 4.86. The maximum atomic E-state index is 13.0. The average Bonchev–Trinajstić information content (AvgIpc) is 2.76. The predicted molar refractivity (Wildman–Crippen MR) is 121 cm³/mol. The summed E-state index contributed by atoms with van der Waals surface area (Å²) < 4.78 is 11.8. The van der Waals surface area contributed by atoms with Crippen LogP contribution in [0.2, 0.25) is 0 Å². The van der Waals surface area contributed by atoms with Gasteiger partial charge < -0.3 is 19.7 Å². The van der Waals surface area contributed by atoms with Crippen LogP contribution < -0.4 is 14.8 Å². The first kappa shape index (κ1) is 23.7. The molecule has 2 aromatic carbocycles. The lowest BCUT2D eigenvalue weighted by Gasteiger charge is -2.29. The van der Waals surface area contributed by atoms with Crippen LogP contribution in [0, 0.1) is 0 Å². The lowest BCUT2D eigenvalue weighted by atomic mass is 10.1. The van der Waals surface area contributed by atoms with Crippen molar-refractivity contribution < 1.29 is 19.1 Å². The summed E-state index contributed by atoms with van der Waals surface area (Å²) in [6.07, 6.45) is 0.817. The minimum atomic E-state index is -0.637. The van der Waals surface area contributed by atoms with Gasteiger partial charge in [-0.3, -0.25) is 9.59 Å². The van der Waals surface area contributed by atoms with Crippen molar-refractivity contribution in [1.29, 1.82) is 0 Å². The Labute approximate surface area is 186 Å². The average molecular weight is 477 g/mol. The van der Waals surface area contributed by atoms with Crippen LogP contribution in [0.15, 0.2) is 53.0 Å². The zero-order valence-corrected chi connectivity index (χ0v) is 19.4. The third-order valence-corrected chi connectivity index (χ3v) is 5.38. The molecule has 6 nitrogen and oxygen atoms in total. The number of rotatable bonds is 10. The molecule has 162 valence electrons. The quantitative estimate of drug-likeness (QED) is 0.558. The minimum absolute atomic E-state index is 0.0388. The number of carbonyl (C=O) groups excluding carboxylic acids is 2. The predicted octanol–water partition coefficient (Wildman–Crippen LogP) is 4.17. The van der Waals surface area contributed by atoms with E-state index in [-0.39, 0.29) is 24.5 Å². The Morgan fingerprint density at radius 1 is 1.03 bits per heavy atom. The highest BCUT2D eigenvalue weighted by Crippen LogP contribution is 2.18. The van der Waals surface area contributed by atoms with Crippen molar-refractivity contribution in [3.05, 3.63) is 58.6 Å². The summed E-state index contributed by atoms with van der Waals surface area (Å²) in [6, 6.07) is 14.1. The summed E-state index contributed by atoms with van der Waals surface area (Å²) in [5, 5.41) is 2.95. The molecule has 0 aliphatic heterocycles. The van der Waals surface area contributed by atoms with E-state index in [2.05, 4.69) is 21.2 Å². The molecule has 0 radical (unpaired) electrons. The molecular formula is C23H29BrN2O4. The van der Waals surface area contributed by atoms with Gasteiger partial charge >= 0.3 is 0 Å². The Hall–Kier alpha value is -2.54. The fourth-order valence-electron chi connectivity index (χ4n) is 2.73. The highest BCUT2D eigenvalue weighted by atomic mass is 79.9. The summed E-state index contributed by atoms with van der Waals surface area (Å²) in [4.78, 5) is 27.2. The van der Waals surface area contributed by atoms with Crippen LogP contribution in [0.3, 0.4) is 0 Å². The molecule has 2 amide bonds. The molecule has 30 heavy (non-hydrogen) atoms. The second kappa shape index (κ2) is 11.6. The summed E-state index contributed by atoms with van der Waals surface area (Å²) in [6.45, 7) is 5.82. The van der Waals surface area contributed by atoms with Crippen molar-refractivity contribution in [2.45, 2.75) is 45.8 Å². The Bertz CT molecular complexity index is 824. The fraction of sp³-hybridized carbons (Fsp3) is 0.391. The molecule has 7 heteroatoms. The van der Waals surface area contributed by atoms with E-state index in [4.69, 9.17) is 9.47 Å². The molecule has 0 aromatic heterocycles. The number of carbonyl (C=O) groups is 2. The number of halogens is 1. The van der Waals surface area contributed by atoms with Crippen LogP contribution in [0.4, 0.5) is 0 Å². The zero-order chi connectivity index (χ0) is 22.1. The van der Waals surface area contributed by atoms with Gasteiger partial charge in [-0.2, -0.15) is 0 Å². The standard InChI is InChI=1S/C23H29BrN2O4/c1-5-16(2)25-23(28)17(3)26(14-18-6-10-20(29-4)11-7-18)22(27)15-30-21-12-8-19(24)9-13-21/h6-13,16-17H,5,14-15H2,1-4H3,(H,25,28). The molecule has 2 unspecified atom stereocenters. The normalized spacial score (nSPS) is 12.6. The topological polar surface area (TPSA) is 67.9 Å². The van der Waals surface area contributed by atoms with Gasteiger partial charge in [-0.05, 0) is 62.2 Å². The summed E-state index contributed by atoms with van der Waals surface area (Å²) in [7, 11) is 1.60. The van der Waals surface area contributed by atoms with Crippen molar-refractivity contribution in [2.24, 2.45) is 0 Å². The first-order chi connectivity index (χ1) is 14.3. The van der Waals surface area contributed by atoms with E-state index in [0.29, 0.717) is 12.3 Å². The number of benzene rings is 2. The molecule has 2 rings (SSSR count). The third kappa shape index (κ3) is 7.06. The number of ether oxygens (including phenoxy) is 2. The molecule has 1 N–H and O–H groups in total. The van der Waals surface area contributed by atoms with Gasteiger partial charge in [-0.1, -0.05) is 35.0 Å². The zero-order valence-electron chi connectivity index (χ0n) is 17.9. The molecule has 2 aromatic rings. The highest BCUT2D eigenvalue weighted by Gasteiger charge is 2.27. The van der Waals surface area contributed by atoms with E-state index in [9.17, 15) is 9.59 Å². The first-order valence-corrected chi connectivity index (χ1v) is 10.7. The number of methoxy groups -OCH3 is 1. The number of hydrogen-bond acceptors (Lipinski definition) is 4. The maximum absolute atomic E-state index is 13.0. The number of hydrogen-bond donors (Lipinski definition) is 1. The molecule has 0 aliphatic carbocycles. The van der Waals surface area contributed by atoms with Crippen LogP contribution in [-0.4, -0.2) is 42.5 Å². The Balaban J connectivity index is 2.14. The summed E-state index contributed by atoms with van der Waals surface area (Å²) >= 11 is 3.37. The molecule has 0 fully saturated rings. The first-order valence-electron chi connectivity index (χ1n) is 9.95. The van der Waals surface area contributed by atoms with Crippen LogP contribution in [-0.2, 0) is 16.1 Å². The van der Waals surface area contributed by atoms with Crippen molar-refractivity contribution in [3.8, 4) is 11.5 Å². The molecule has 0 spiro atoms. The number of nitrogens with zero attached hydrogens (tertiary/aromatic N) is 1. The fourth-order valence-corrected chi connectivity index (χ4v) is 3.00. The van der Waals surface area contributed by atoms with Gasteiger partial charge in [0.05, 0.1) is 7.11 Å². The van der Waals surface area contributed by atoms with E-state index in [0.717, 1.165) is 22.2 Å². The van der Waals surface area contributed by atoms with Crippen molar-refractivity contribution in [1.82, 2.24) is 10.2 Å². The Kier molecular flexibility index (Phi) is 9.17. The summed E-state index contributed by atoms with van der Waals surface area (Å²) in [5.74, 6) is 0.876. The molecular weight excluding hydrogens is 448 g/mol. The lowest BCUT2D eigenvalue weighted by Crippen LogP contribution is -2.50. The SMILES string of the molecule is CCC(C)NC(=O)C(C)N(Cc1ccc(OC)cc1)C(=O)COc1ccc(Br)cc1. The van der Waals surface area contributed by atoms with Crippen molar-refractivity contribution in [3.63, 3.8) is 0 Å². The molecule has 0 saturated carbocycles. The van der Waals surface area contributed by atoms with Gasteiger partial charge in [0.25, 0.3) is 5.91 Å². The Morgan fingerprint density at radius 3 is 2.20 bits per heavy atom. The largest absolute Gasteiger partial charge is 0.497 e. The second-order valence-electron chi connectivity index (χ2n) is 7.11. The smallest absolute Gasteiger partial charge is 0.261 e. The molecule has 2 atom stereocenters. The van der Waals surface area contributed by atoms with Gasteiger partial charge in [0.1, 0.15) is 17.5 Å². The van der Waals surface area contributed by atoms with Gasteiger partial charge in [-0.15, -0.1) is 0 Å². The summed E-state index contributed by atoms with van der Waals surface area (Å²) in [5.41, 5.74) is 0.899. The van der Waals surface area contributed by atoms with E-state index in [1.807, 2.05) is 50.2 Å². The molecule has 0 aliphatic rings. The minimum Gasteiger partial charge on any atom is -0.497 e. The van der Waals surface area contributed by atoms with E-state index < -0.39 is 6.04 Å². The van der Waals surface area contributed by atoms with Crippen molar-refractivity contribution >= 4 is 27.7 Å². The van der Waals surface area contributed by atoms with Gasteiger partial charge in [0, 0.05) is 17.1 Å². The number of amides is 2. The van der Waals surface area contributed by atoms with Gasteiger partial charge in [0.2, 0.25) is 5.91 Å². The van der Waals surface area contributed by atoms with Gasteiger partial charge in [-0.25, -0.2) is 0 Å². The number of nitrogens with one attached hydrogen (secondary N) is 1. The van der Waals surface area contributed by atoms with Gasteiger partial charge in [0.15, 0.2) is 6.61 Å².